The third kappa shape index (κ3) is 2.05. The predicted molar refractivity (Wildman–Crippen MR) is 80.5 cm³/mol. The summed E-state index contributed by atoms with van der Waals surface area (Å²) in [6, 6.07) is 9.42. The molecule has 1 aromatic carbocycles. The fourth-order valence-corrected chi connectivity index (χ4v) is 4.21. The van der Waals surface area contributed by atoms with Crippen LogP contribution in [0.2, 0.25) is 0 Å². The molecule has 2 bridgehead atoms. The number of carbonyl (C=O) groups excluding carboxylic acids is 1. The number of carbonyl (C=O) groups is 1. The number of fused-ring (bicyclic) bond motifs is 4. The number of primary amides is 1. The number of piperidine rings is 1. The van der Waals surface area contributed by atoms with Crippen LogP contribution >= 0.6 is 0 Å². The van der Waals surface area contributed by atoms with E-state index in [4.69, 9.17) is 5.73 Å². The minimum Gasteiger partial charge on any atom is -0.370 e. The average molecular weight is 272 g/mol. The van der Waals surface area contributed by atoms with Crippen molar-refractivity contribution in [2.24, 2.45) is 11.7 Å². The lowest BCUT2D eigenvalue weighted by atomic mass is 9.59. The summed E-state index contributed by atoms with van der Waals surface area (Å²) in [6.07, 6.45) is 2.74. The summed E-state index contributed by atoms with van der Waals surface area (Å²) in [5, 5.41) is 0. The van der Waals surface area contributed by atoms with Crippen molar-refractivity contribution >= 4 is 5.91 Å². The lowest BCUT2D eigenvalue weighted by Crippen LogP contribution is -2.58. The smallest absolute Gasteiger partial charge is 0.218 e. The van der Waals surface area contributed by atoms with E-state index in [1.54, 1.807) is 5.56 Å². The molecule has 3 rings (SSSR count). The summed E-state index contributed by atoms with van der Waals surface area (Å²) in [5.41, 5.74) is 8.62. The molecule has 1 amide bonds. The molecule has 3 heteroatoms. The monoisotopic (exact) mass is 272 g/mol. The van der Waals surface area contributed by atoms with E-state index in [0.717, 1.165) is 19.5 Å². The molecule has 3 atom stereocenters. The van der Waals surface area contributed by atoms with Gasteiger partial charge in [0.1, 0.15) is 0 Å². The second-order valence-electron chi connectivity index (χ2n) is 6.64. The van der Waals surface area contributed by atoms with Crippen LogP contribution in [0, 0.1) is 5.92 Å². The summed E-state index contributed by atoms with van der Waals surface area (Å²) >= 11 is 0. The number of amides is 1. The van der Waals surface area contributed by atoms with Gasteiger partial charge >= 0.3 is 0 Å². The van der Waals surface area contributed by atoms with E-state index in [9.17, 15) is 4.79 Å². The van der Waals surface area contributed by atoms with E-state index in [0.29, 0.717) is 18.4 Å². The van der Waals surface area contributed by atoms with Crippen LogP contribution < -0.4 is 5.73 Å². The zero-order valence-corrected chi connectivity index (χ0v) is 12.4. The molecule has 1 saturated heterocycles. The highest BCUT2D eigenvalue weighted by atomic mass is 16.1. The van der Waals surface area contributed by atoms with Gasteiger partial charge < -0.3 is 5.73 Å². The molecule has 2 N–H and O–H groups in total. The minimum absolute atomic E-state index is 0.192. The van der Waals surface area contributed by atoms with Crippen molar-refractivity contribution in [2.45, 2.75) is 44.6 Å². The predicted octanol–water partition coefficient (Wildman–Crippen LogP) is 2.09. The molecule has 1 aliphatic heterocycles. The molecule has 1 aromatic rings. The van der Waals surface area contributed by atoms with E-state index >= 15 is 0 Å². The van der Waals surface area contributed by atoms with Gasteiger partial charge in [0.15, 0.2) is 0 Å². The van der Waals surface area contributed by atoms with Crippen molar-refractivity contribution in [1.82, 2.24) is 4.90 Å². The number of likely N-dealkylation sites (tertiary alicyclic amines) is 1. The highest BCUT2D eigenvalue weighted by molar-refractivity contribution is 5.73. The lowest BCUT2D eigenvalue weighted by Gasteiger charge is -2.54. The molecule has 0 saturated carbocycles. The zero-order chi connectivity index (χ0) is 14.3. The lowest BCUT2D eigenvalue weighted by molar-refractivity contribution is -0.118. The molecule has 1 fully saturated rings. The van der Waals surface area contributed by atoms with Crippen LogP contribution in [0.1, 0.15) is 37.8 Å². The van der Waals surface area contributed by atoms with Gasteiger partial charge in [0.2, 0.25) is 5.91 Å². The molecule has 0 radical (unpaired) electrons. The largest absolute Gasteiger partial charge is 0.370 e. The van der Waals surface area contributed by atoms with Gasteiger partial charge in [-0.1, -0.05) is 38.1 Å². The minimum atomic E-state index is -0.192. The van der Waals surface area contributed by atoms with Gasteiger partial charge in [0, 0.05) is 19.0 Å². The topological polar surface area (TPSA) is 46.3 Å². The molecular formula is C17H24N2O. The Morgan fingerprint density at radius 1 is 1.45 bits per heavy atom. The van der Waals surface area contributed by atoms with Crippen LogP contribution in [0.15, 0.2) is 24.3 Å². The molecule has 1 heterocycles. The van der Waals surface area contributed by atoms with Crippen molar-refractivity contribution in [3.05, 3.63) is 35.4 Å². The SMILES string of the molecule is C[C@@H]1[C@H]2Cc3ccccc3[C@]1(C)CCN2CCC(N)=O. The Hall–Kier alpha value is -1.35. The number of hydrogen-bond donors (Lipinski definition) is 1. The van der Waals surface area contributed by atoms with Crippen molar-refractivity contribution in [2.75, 3.05) is 13.1 Å². The zero-order valence-electron chi connectivity index (χ0n) is 12.4. The first-order valence-electron chi connectivity index (χ1n) is 7.63. The van der Waals surface area contributed by atoms with Gasteiger partial charge in [-0.05, 0) is 41.8 Å². The molecule has 3 nitrogen and oxygen atoms in total. The van der Waals surface area contributed by atoms with E-state index in [1.807, 2.05) is 0 Å². The van der Waals surface area contributed by atoms with Crippen LogP contribution in [0.25, 0.3) is 0 Å². The van der Waals surface area contributed by atoms with E-state index in [1.165, 1.54) is 12.0 Å². The van der Waals surface area contributed by atoms with Gasteiger partial charge in [-0.3, -0.25) is 9.69 Å². The van der Waals surface area contributed by atoms with E-state index in [2.05, 4.69) is 43.0 Å². The van der Waals surface area contributed by atoms with Crippen LogP contribution in [0.4, 0.5) is 0 Å². The second kappa shape index (κ2) is 4.88. The first kappa shape index (κ1) is 13.6. The maximum Gasteiger partial charge on any atom is 0.218 e. The summed E-state index contributed by atoms with van der Waals surface area (Å²) in [6.45, 7) is 6.67. The Morgan fingerprint density at radius 3 is 2.95 bits per heavy atom. The number of hydrogen-bond acceptors (Lipinski definition) is 2. The van der Waals surface area contributed by atoms with Crippen molar-refractivity contribution < 1.29 is 4.79 Å². The van der Waals surface area contributed by atoms with E-state index in [-0.39, 0.29) is 11.3 Å². The molecule has 108 valence electrons. The van der Waals surface area contributed by atoms with E-state index < -0.39 is 0 Å². The van der Waals surface area contributed by atoms with Crippen LogP contribution in [0.5, 0.6) is 0 Å². The molecule has 0 spiro atoms. The van der Waals surface area contributed by atoms with Crippen LogP contribution in [-0.2, 0) is 16.6 Å². The number of nitrogens with zero attached hydrogens (tertiary/aromatic N) is 1. The molecule has 2 aliphatic rings. The Labute approximate surface area is 121 Å². The van der Waals surface area contributed by atoms with Gasteiger partial charge in [-0.25, -0.2) is 0 Å². The molecular weight excluding hydrogens is 248 g/mol. The maximum absolute atomic E-state index is 11.1. The summed E-state index contributed by atoms with van der Waals surface area (Å²) in [7, 11) is 0. The Kier molecular flexibility index (Phi) is 3.33. The summed E-state index contributed by atoms with van der Waals surface area (Å²) < 4.78 is 0. The average Bonchev–Trinajstić information content (AvgIpc) is 2.42. The number of nitrogens with two attached hydrogens (primary N) is 1. The fraction of sp³-hybridized carbons (Fsp3) is 0.588. The number of rotatable bonds is 3. The van der Waals surface area contributed by atoms with Crippen molar-refractivity contribution in [3.8, 4) is 0 Å². The molecule has 0 unspecified atom stereocenters. The Balaban J connectivity index is 1.89. The fourth-order valence-electron chi connectivity index (χ4n) is 4.21. The number of benzene rings is 1. The third-order valence-electron chi connectivity index (χ3n) is 5.68. The van der Waals surface area contributed by atoms with Crippen molar-refractivity contribution in [3.63, 3.8) is 0 Å². The first-order valence-corrected chi connectivity index (χ1v) is 7.63. The Morgan fingerprint density at radius 2 is 2.20 bits per heavy atom. The Bertz CT molecular complexity index is 527. The standard InChI is InChI=1S/C17H24N2O/c1-12-15-11-13-5-3-4-6-14(13)17(12,2)8-10-19(15)9-7-16(18)20/h3-6,12,15H,7-11H2,1-2H3,(H2,18,20)/t12-,15-,17-/m1/s1. The molecule has 1 aliphatic carbocycles. The van der Waals surface area contributed by atoms with Crippen molar-refractivity contribution in [1.29, 1.82) is 0 Å². The summed E-state index contributed by atoms with van der Waals surface area (Å²) in [4.78, 5) is 13.5. The molecule has 20 heavy (non-hydrogen) atoms. The van der Waals surface area contributed by atoms with Crippen LogP contribution in [-0.4, -0.2) is 29.9 Å². The quantitative estimate of drug-likeness (QED) is 0.916. The van der Waals surface area contributed by atoms with Crippen LogP contribution in [0.3, 0.4) is 0 Å². The van der Waals surface area contributed by atoms with Gasteiger partial charge in [0.05, 0.1) is 0 Å². The van der Waals surface area contributed by atoms with Gasteiger partial charge in [-0.2, -0.15) is 0 Å². The second-order valence-corrected chi connectivity index (χ2v) is 6.64. The third-order valence-corrected chi connectivity index (χ3v) is 5.68. The highest BCUT2D eigenvalue weighted by Crippen LogP contribution is 2.48. The molecule has 0 aromatic heterocycles. The first-order chi connectivity index (χ1) is 9.52. The summed E-state index contributed by atoms with van der Waals surface area (Å²) in [5.74, 6) is 0.432. The maximum atomic E-state index is 11.1. The van der Waals surface area contributed by atoms with Gasteiger partial charge in [0.25, 0.3) is 0 Å². The van der Waals surface area contributed by atoms with Gasteiger partial charge in [-0.15, -0.1) is 0 Å². The normalized spacial score (nSPS) is 32.7. The highest BCUT2D eigenvalue weighted by Gasteiger charge is 2.47.